The Morgan fingerprint density at radius 3 is 2.60 bits per heavy atom. The summed E-state index contributed by atoms with van der Waals surface area (Å²) in [6.45, 7) is 5.73. The van der Waals surface area contributed by atoms with E-state index in [1.807, 2.05) is 17.0 Å². The zero-order chi connectivity index (χ0) is 18.2. The smallest absolute Gasteiger partial charge is 0.222 e. The first-order chi connectivity index (χ1) is 12.1. The summed E-state index contributed by atoms with van der Waals surface area (Å²) in [6, 6.07) is 5.44. The summed E-state index contributed by atoms with van der Waals surface area (Å²) in [6.07, 6.45) is 4.89. The van der Waals surface area contributed by atoms with Crippen LogP contribution in [0.2, 0.25) is 0 Å². The lowest BCUT2D eigenvalue weighted by atomic mass is 10.1. The summed E-state index contributed by atoms with van der Waals surface area (Å²) in [4.78, 5) is 26.3. The standard InChI is InChI=1S/C20H30N2O3/c1-3-13-22(14-4-2)20(25)10-6-9-19(24)21-17-12-11-16-15(17)7-5-8-18(16)23/h5,7-8,17,23H,3-4,6,9-14H2,1-2H3,(H,21,24)/t17-/m1/s1. The number of nitrogens with zero attached hydrogens (tertiary/aromatic N) is 1. The van der Waals surface area contributed by atoms with Crippen LogP contribution in [0.15, 0.2) is 18.2 Å². The molecule has 0 aliphatic heterocycles. The maximum Gasteiger partial charge on any atom is 0.222 e. The largest absolute Gasteiger partial charge is 0.508 e. The van der Waals surface area contributed by atoms with Crippen LogP contribution in [0.4, 0.5) is 0 Å². The molecule has 1 atom stereocenters. The Morgan fingerprint density at radius 2 is 1.92 bits per heavy atom. The molecule has 1 aromatic carbocycles. The van der Waals surface area contributed by atoms with Crippen LogP contribution in [-0.2, 0) is 16.0 Å². The second-order valence-corrected chi connectivity index (χ2v) is 6.74. The maximum absolute atomic E-state index is 12.2. The van der Waals surface area contributed by atoms with E-state index in [0.29, 0.717) is 25.0 Å². The zero-order valence-corrected chi connectivity index (χ0v) is 15.4. The molecule has 138 valence electrons. The average Bonchev–Trinajstić information content (AvgIpc) is 2.99. The molecule has 2 N–H and O–H groups in total. The van der Waals surface area contributed by atoms with Crippen LogP contribution in [0.1, 0.15) is 69.5 Å². The normalized spacial score (nSPS) is 15.7. The summed E-state index contributed by atoms with van der Waals surface area (Å²) in [5, 5.41) is 12.9. The third-order valence-electron chi connectivity index (χ3n) is 4.72. The van der Waals surface area contributed by atoms with Crippen molar-refractivity contribution in [2.75, 3.05) is 13.1 Å². The molecule has 0 fully saturated rings. The van der Waals surface area contributed by atoms with E-state index in [0.717, 1.165) is 49.9 Å². The molecule has 0 radical (unpaired) electrons. The van der Waals surface area contributed by atoms with Gasteiger partial charge in [0.15, 0.2) is 0 Å². The van der Waals surface area contributed by atoms with Crippen molar-refractivity contribution in [3.05, 3.63) is 29.3 Å². The molecule has 5 nitrogen and oxygen atoms in total. The Kier molecular flexibility index (Phi) is 7.29. The topological polar surface area (TPSA) is 69.6 Å². The van der Waals surface area contributed by atoms with Crippen molar-refractivity contribution >= 4 is 11.8 Å². The second kappa shape index (κ2) is 9.44. The Labute approximate surface area is 150 Å². The minimum Gasteiger partial charge on any atom is -0.508 e. The second-order valence-electron chi connectivity index (χ2n) is 6.74. The SMILES string of the molecule is CCCN(CCC)C(=O)CCCC(=O)N[C@@H]1CCc2c(O)cccc21. The van der Waals surface area contributed by atoms with Gasteiger partial charge in [-0.15, -0.1) is 0 Å². The van der Waals surface area contributed by atoms with Crippen molar-refractivity contribution in [2.24, 2.45) is 0 Å². The number of nitrogens with one attached hydrogen (secondary N) is 1. The van der Waals surface area contributed by atoms with Crippen LogP contribution in [0, 0.1) is 0 Å². The fraction of sp³-hybridized carbons (Fsp3) is 0.600. The number of carbonyl (C=O) groups excluding carboxylic acids is 2. The number of rotatable bonds is 9. The summed E-state index contributed by atoms with van der Waals surface area (Å²) in [7, 11) is 0. The van der Waals surface area contributed by atoms with E-state index in [4.69, 9.17) is 0 Å². The first kappa shape index (κ1) is 19.3. The quantitative estimate of drug-likeness (QED) is 0.721. The molecule has 1 aromatic rings. The van der Waals surface area contributed by atoms with E-state index >= 15 is 0 Å². The van der Waals surface area contributed by atoms with Crippen molar-refractivity contribution in [2.45, 2.75) is 64.8 Å². The van der Waals surface area contributed by atoms with Crippen molar-refractivity contribution < 1.29 is 14.7 Å². The molecule has 2 amide bonds. The number of amides is 2. The lowest BCUT2D eigenvalue weighted by molar-refractivity contribution is -0.131. The fourth-order valence-electron chi connectivity index (χ4n) is 3.51. The van der Waals surface area contributed by atoms with Gasteiger partial charge in [-0.05, 0) is 49.3 Å². The van der Waals surface area contributed by atoms with Crippen molar-refractivity contribution in [3.8, 4) is 5.75 Å². The molecular weight excluding hydrogens is 316 g/mol. The summed E-state index contributed by atoms with van der Waals surface area (Å²) < 4.78 is 0. The molecule has 0 bridgehead atoms. The molecule has 1 aliphatic carbocycles. The van der Waals surface area contributed by atoms with E-state index in [1.54, 1.807) is 6.07 Å². The number of hydrogen-bond donors (Lipinski definition) is 2. The summed E-state index contributed by atoms with van der Waals surface area (Å²) >= 11 is 0. The van der Waals surface area contributed by atoms with Crippen LogP contribution in [0.3, 0.4) is 0 Å². The highest BCUT2D eigenvalue weighted by atomic mass is 16.3. The maximum atomic E-state index is 12.2. The fourth-order valence-corrected chi connectivity index (χ4v) is 3.51. The zero-order valence-electron chi connectivity index (χ0n) is 15.4. The molecule has 5 heteroatoms. The predicted molar refractivity (Wildman–Crippen MR) is 98.3 cm³/mol. The van der Waals surface area contributed by atoms with Gasteiger partial charge in [-0.2, -0.15) is 0 Å². The van der Waals surface area contributed by atoms with Crippen LogP contribution < -0.4 is 5.32 Å². The number of phenols is 1. The van der Waals surface area contributed by atoms with Crippen molar-refractivity contribution in [3.63, 3.8) is 0 Å². The first-order valence-corrected chi connectivity index (χ1v) is 9.44. The van der Waals surface area contributed by atoms with Gasteiger partial charge in [0.25, 0.3) is 0 Å². The summed E-state index contributed by atoms with van der Waals surface area (Å²) in [5.74, 6) is 0.436. The van der Waals surface area contributed by atoms with Crippen LogP contribution in [0.25, 0.3) is 0 Å². The Balaban J connectivity index is 1.77. The van der Waals surface area contributed by atoms with E-state index in [1.165, 1.54) is 0 Å². The predicted octanol–water partition coefficient (Wildman–Crippen LogP) is 3.31. The molecule has 25 heavy (non-hydrogen) atoms. The Hall–Kier alpha value is -2.04. The Bertz CT molecular complexity index is 595. The minimum absolute atomic E-state index is 0.0217. The molecule has 0 spiro atoms. The van der Waals surface area contributed by atoms with E-state index < -0.39 is 0 Å². The molecular formula is C20H30N2O3. The van der Waals surface area contributed by atoms with E-state index in [2.05, 4.69) is 19.2 Å². The molecule has 0 unspecified atom stereocenters. The van der Waals surface area contributed by atoms with Gasteiger partial charge >= 0.3 is 0 Å². The third kappa shape index (κ3) is 5.21. The number of fused-ring (bicyclic) bond motifs is 1. The monoisotopic (exact) mass is 346 g/mol. The van der Waals surface area contributed by atoms with Crippen molar-refractivity contribution in [1.82, 2.24) is 10.2 Å². The van der Waals surface area contributed by atoms with Gasteiger partial charge in [-0.1, -0.05) is 26.0 Å². The number of hydrogen-bond acceptors (Lipinski definition) is 3. The van der Waals surface area contributed by atoms with Gasteiger partial charge in [0.2, 0.25) is 11.8 Å². The highest BCUT2D eigenvalue weighted by molar-refractivity contribution is 5.79. The van der Waals surface area contributed by atoms with Gasteiger partial charge in [0, 0.05) is 25.9 Å². The molecule has 1 aliphatic rings. The lowest BCUT2D eigenvalue weighted by Gasteiger charge is -2.21. The number of carbonyl (C=O) groups is 2. The third-order valence-corrected chi connectivity index (χ3v) is 4.72. The molecule has 0 saturated carbocycles. The number of phenolic OH excluding ortho intramolecular Hbond substituents is 1. The Morgan fingerprint density at radius 1 is 1.20 bits per heavy atom. The van der Waals surface area contributed by atoms with Gasteiger partial charge in [0.05, 0.1) is 6.04 Å². The minimum atomic E-state index is -0.0259. The molecule has 0 heterocycles. The molecule has 0 aromatic heterocycles. The summed E-state index contributed by atoms with van der Waals surface area (Å²) in [5.41, 5.74) is 1.96. The van der Waals surface area contributed by atoms with Gasteiger partial charge < -0.3 is 15.3 Å². The molecule has 0 saturated heterocycles. The van der Waals surface area contributed by atoms with E-state index in [9.17, 15) is 14.7 Å². The highest BCUT2D eigenvalue weighted by Crippen LogP contribution is 2.36. The van der Waals surface area contributed by atoms with Gasteiger partial charge in [-0.25, -0.2) is 0 Å². The molecule has 2 rings (SSSR count). The van der Waals surface area contributed by atoms with Crippen LogP contribution in [0.5, 0.6) is 5.75 Å². The lowest BCUT2D eigenvalue weighted by Crippen LogP contribution is -2.32. The van der Waals surface area contributed by atoms with Crippen LogP contribution >= 0.6 is 0 Å². The van der Waals surface area contributed by atoms with E-state index in [-0.39, 0.29) is 17.9 Å². The van der Waals surface area contributed by atoms with Gasteiger partial charge in [0.1, 0.15) is 5.75 Å². The average molecular weight is 346 g/mol. The van der Waals surface area contributed by atoms with Gasteiger partial charge in [-0.3, -0.25) is 9.59 Å². The van der Waals surface area contributed by atoms with Crippen molar-refractivity contribution in [1.29, 1.82) is 0 Å². The number of aromatic hydroxyl groups is 1. The highest BCUT2D eigenvalue weighted by Gasteiger charge is 2.25. The van der Waals surface area contributed by atoms with Crippen LogP contribution in [-0.4, -0.2) is 34.9 Å². The first-order valence-electron chi connectivity index (χ1n) is 9.44. The number of benzene rings is 1.